The van der Waals surface area contributed by atoms with Crippen LogP contribution in [0.2, 0.25) is 0 Å². The molecule has 0 aliphatic carbocycles. The molecule has 0 radical (unpaired) electrons. The molecule has 0 heterocycles. The molecule has 0 saturated carbocycles. The molecule has 0 fully saturated rings. The summed E-state index contributed by atoms with van der Waals surface area (Å²) in [6, 6.07) is 13.3. The van der Waals surface area contributed by atoms with Gasteiger partial charge in [0, 0.05) is 5.69 Å². The third kappa shape index (κ3) is 4.94. The predicted molar refractivity (Wildman–Crippen MR) is 90.6 cm³/mol. The molecule has 0 aromatic heterocycles. The summed E-state index contributed by atoms with van der Waals surface area (Å²) in [6.45, 7) is 0.813. The van der Waals surface area contributed by atoms with Gasteiger partial charge in [-0.3, -0.25) is 4.79 Å². The number of hydrogen-bond acceptors (Lipinski definition) is 3. The van der Waals surface area contributed by atoms with Crippen LogP contribution in [0.4, 0.5) is 20.2 Å². The molecule has 0 bridgehead atoms. The SMILES string of the molecule is CCc1ccc(N[C@@H](C)C(=O)Nc2ccccc2OC(F)F)cc1. The fourth-order valence-electron chi connectivity index (χ4n) is 2.16. The molecule has 2 N–H and O–H groups in total. The van der Waals surface area contributed by atoms with E-state index >= 15 is 0 Å². The molecular formula is C18H20F2N2O2. The van der Waals surface area contributed by atoms with Crippen LogP contribution in [0.1, 0.15) is 19.4 Å². The normalized spacial score (nSPS) is 11.9. The number of carbonyl (C=O) groups is 1. The fourth-order valence-corrected chi connectivity index (χ4v) is 2.16. The molecule has 1 atom stereocenters. The van der Waals surface area contributed by atoms with Crippen LogP contribution in [0.5, 0.6) is 5.75 Å². The maximum absolute atomic E-state index is 12.4. The quantitative estimate of drug-likeness (QED) is 0.794. The van der Waals surface area contributed by atoms with Crippen molar-refractivity contribution in [3.05, 3.63) is 54.1 Å². The highest BCUT2D eigenvalue weighted by Gasteiger charge is 2.16. The lowest BCUT2D eigenvalue weighted by Crippen LogP contribution is -2.32. The molecule has 2 aromatic rings. The molecular weight excluding hydrogens is 314 g/mol. The van der Waals surface area contributed by atoms with Crippen LogP contribution in [-0.4, -0.2) is 18.6 Å². The maximum Gasteiger partial charge on any atom is 0.387 e. The molecule has 24 heavy (non-hydrogen) atoms. The van der Waals surface area contributed by atoms with E-state index < -0.39 is 12.7 Å². The van der Waals surface area contributed by atoms with Crippen molar-refractivity contribution in [3.63, 3.8) is 0 Å². The van der Waals surface area contributed by atoms with Crippen LogP contribution in [0, 0.1) is 0 Å². The number of rotatable bonds is 7. The standard InChI is InChI=1S/C18H20F2N2O2/c1-3-13-8-10-14(11-9-13)21-12(2)17(23)22-15-6-4-5-7-16(15)24-18(19)20/h4-12,18,21H,3H2,1-2H3,(H,22,23)/t12-/m0/s1. The molecule has 6 heteroatoms. The van der Waals surface area contributed by atoms with E-state index in [4.69, 9.17) is 0 Å². The summed E-state index contributed by atoms with van der Waals surface area (Å²) < 4.78 is 29.2. The number of anilines is 2. The van der Waals surface area contributed by atoms with Crippen molar-refractivity contribution in [1.29, 1.82) is 0 Å². The summed E-state index contributed by atoms with van der Waals surface area (Å²) in [5.41, 5.74) is 2.22. The molecule has 0 spiro atoms. The van der Waals surface area contributed by atoms with Crippen molar-refractivity contribution in [1.82, 2.24) is 0 Å². The van der Waals surface area contributed by atoms with Crippen molar-refractivity contribution in [2.75, 3.05) is 10.6 Å². The first-order valence-electron chi connectivity index (χ1n) is 7.69. The zero-order chi connectivity index (χ0) is 17.5. The summed E-state index contributed by atoms with van der Waals surface area (Å²) in [5, 5.41) is 5.67. The van der Waals surface area contributed by atoms with E-state index in [1.165, 1.54) is 17.7 Å². The Morgan fingerprint density at radius 3 is 2.42 bits per heavy atom. The Kier molecular flexibility index (Phi) is 6.12. The molecule has 1 amide bonds. The first-order valence-corrected chi connectivity index (χ1v) is 7.69. The summed E-state index contributed by atoms with van der Waals surface area (Å²) in [4.78, 5) is 12.3. The average Bonchev–Trinajstić information content (AvgIpc) is 2.56. The summed E-state index contributed by atoms with van der Waals surface area (Å²) in [6.07, 6.45) is 0.942. The van der Waals surface area contributed by atoms with Gasteiger partial charge in [0.15, 0.2) is 0 Å². The second kappa shape index (κ2) is 8.29. The predicted octanol–water partition coefficient (Wildman–Crippen LogP) is 4.29. The van der Waals surface area contributed by atoms with Gasteiger partial charge in [0.2, 0.25) is 5.91 Å². The zero-order valence-electron chi connectivity index (χ0n) is 13.6. The van der Waals surface area contributed by atoms with Crippen LogP contribution in [0.15, 0.2) is 48.5 Å². The van der Waals surface area contributed by atoms with Gasteiger partial charge in [0.1, 0.15) is 11.8 Å². The molecule has 2 rings (SSSR count). The van der Waals surface area contributed by atoms with Crippen molar-refractivity contribution in [3.8, 4) is 5.75 Å². The van der Waals surface area contributed by atoms with E-state index in [1.807, 2.05) is 24.3 Å². The summed E-state index contributed by atoms with van der Waals surface area (Å²) in [7, 11) is 0. The van der Waals surface area contributed by atoms with E-state index in [0.717, 1.165) is 12.1 Å². The number of hydrogen-bond donors (Lipinski definition) is 2. The minimum Gasteiger partial charge on any atom is -0.433 e. The lowest BCUT2D eigenvalue weighted by Gasteiger charge is -2.17. The molecule has 0 saturated heterocycles. The van der Waals surface area contributed by atoms with Crippen LogP contribution in [0.25, 0.3) is 0 Å². The number of amides is 1. The van der Waals surface area contributed by atoms with E-state index in [1.54, 1.807) is 19.1 Å². The summed E-state index contributed by atoms with van der Waals surface area (Å²) in [5.74, 6) is -0.416. The zero-order valence-corrected chi connectivity index (χ0v) is 13.6. The van der Waals surface area contributed by atoms with Gasteiger partial charge in [0.05, 0.1) is 5.69 Å². The third-order valence-electron chi connectivity index (χ3n) is 3.50. The minimum absolute atomic E-state index is 0.0691. The molecule has 128 valence electrons. The van der Waals surface area contributed by atoms with Crippen molar-refractivity contribution < 1.29 is 18.3 Å². The highest BCUT2D eigenvalue weighted by molar-refractivity contribution is 5.97. The van der Waals surface area contributed by atoms with Crippen LogP contribution < -0.4 is 15.4 Å². The molecule has 2 aromatic carbocycles. The van der Waals surface area contributed by atoms with E-state index in [2.05, 4.69) is 22.3 Å². The van der Waals surface area contributed by atoms with Crippen LogP contribution in [0.3, 0.4) is 0 Å². The number of halogens is 2. The van der Waals surface area contributed by atoms with Gasteiger partial charge in [-0.2, -0.15) is 8.78 Å². The average molecular weight is 334 g/mol. The molecule has 0 aliphatic rings. The lowest BCUT2D eigenvalue weighted by atomic mass is 10.1. The maximum atomic E-state index is 12.4. The smallest absolute Gasteiger partial charge is 0.387 e. The highest BCUT2D eigenvalue weighted by Crippen LogP contribution is 2.25. The Morgan fingerprint density at radius 1 is 1.12 bits per heavy atom. The van der Waals surface area contributed by atoms with Crippen LogP contribution in [-0.2, 0) is 11.2 Å². The number of aryl methyl sites for hydroxylation is 1. The van der Waals surface area contributed by atoms with Gasteiger partial charge in [-0.1, -0.05) is 31.2 Å². The van der Waals surface area contributed by atoms with Crippen molar-refractivity contribution in [2.45, 2.75) is 32.9 Å². The van der Waals surface area contributed by atoms with E-state index in [-0.39, 0.29) is 17.3 Å². The number of carbonyl (C=O) groups excluding carboxylic acids is 1. The monoisotopic (exact) mass is 334 g/mol. The van der Waals surface area contributed by atoms with E-state index in [0.29, 0.717) is 0 Å². The first-order chi connectivity index (χ1) is 11.5. The number of alkyl halides is 2. The van der Waals surface area contributed by atoms with Gasteiger partial charge in [0.25, 0.3) is 0 Å². The Bertz CT molecular complexity index is 675. The largest absolute Gasteiger partial charge is 0.433 e. The Balaban J connectivity index is 2.01. The second-order valence-corrected chi connectivity index (χ2v) is 5.28. The third-order valence-corrected chi connectivity index (χ3v) is 3.50. The molecule has 0 aliphatic heterocycles. The molecule has 4 nitrogen and oxygen atoms in total. The Morgan fingerprint density at radius 2 is 1.79 bits per heavy atom. The number of benzene rings is 2. The first kappa shape index (κ1) is 17.7. The number of ether oxygens (including phenoxy) is 1. The summed E-state index contributed by atoms with van der Waals surface area (Å²) >= 11 is 0. The Labute approximate surface area is 139 Å². The second-order valence-electron chi connectivity index (χ2n) is 5.28. The topological polar surface area (TPSA) is 50.4 Å². The van der Waals surface area contributed by atoms with Gasteiger partial charge in [-0.25, -0.2) is 0 Å². The van der Waals surface area contributed by atoms with Crippen molar-refractivity contribution >= 4 is 17.3 Å². The molecule has 0 unspecified atom stereocenters. The van der Waals surface area contributed by atoms with Gasteiger partial charge >= 0.3 is 6.61 Å². The van der Waals surface area contributed by atoms with Gasteiger partial charge < -0.3 is 15.4 Å². The minimum atomic E-state index is -2.95. The van der Waals surface area contributed by atoms with Crippen LogP contribution >= 0.6 is 0 Å². The van der Waals surface area contributed by atoms with Gasteiger partial charge in [-0.05, 0) is 43.2 Å². The fraction of sp³-hybridized carbons (Fsp3) is 0.278. The number of nitrogens with one attached hydrogen (secondary N) is 2. The highest BCUT2D eigenvalue weighted by atomic mass is 19.3. The van der Waals surface area contributed by atoms with Gasteiger partial charge in [-0.15, -0.1) is 0 Å². The van der Waals surface area contributed by atoms with E-state index in [9.17, 15) is 13.6 Å². The van der Waals surface area contributed by atoms with Crippen molar-refractivity contribution in [2.24, 2.45) is 0 Å². The Hall–Kier alpha value is -2.63. The lowest BCUT2D eigenvalue weighted by molar-refractivity contribution is -0.116. The number of para-hydroxylation sites is 2.